The Morgan fingerprint density at radius 3 is 0.837 bits per heavy atom. The van der Waals surface area contributed by atoms with Gasteiger partial charge in [0.25, 0.3) is 0 Å². The van der Waals surface area contributed by atoms with Gasteiger partial charge in [-0.2, -0.15) is 0 Å². The van der Waals surface area contributed by atoms with Crippen molar-refractivity contribution in [2.45, 2.75) is 20.3 Å². The highest BCUT2D eigenvalue weighted by Crippen LogP contribution is 2.00. The van der Waals surface area contributed by atoms with E-state index in [4.69, 9.17) is 61.9 Å². The zero-order chi connectivity index (χ0) is 31.3. The molecule has 14 heteroatoms. The molecule has 0 heterocycles. The van der Waals surface area contributed by atoms with Gasteiger partial charge in [0.2, 0.25) is 0 Å². The Morgan fingerprint density at radius 2 is 0.628 bits per heavy atom. The maximum absolute atomic E-state index is 10.3. The minimum atomic E-state index is -0.995. The van der Waals surface area contributed by atoms with Crippen LogP contribution in [0.5, 0.6) is 0 Å². The van der Waals surface area contributed by atoms with Crippen molar-refractivity contribution in [3.8, 4) is 0 Å². The highest BCUT2D eigenvalue weighted by atomic mass is 16.6. The lowest BCUT2D eigenvalue weighted by Gasteiger charge is -2.10. The molecule has 0 aliphatic heterocycles. The Hall–Kier alpha value is -1.01. The summed E-state index contributed by atoms with van der Waals surface area (Å²) in [5, 5.41) is 8.42. The van der Waals surface area contributed by atoms with Gasteiger partial charge in [0.1, 0.15) is 6.61 Å². The third kappa shape index (κ3) is 39.0. The molecule has 0 aromatic rings. The molecule has 0 bridgehead atoms. The molecule has 258 valence electrons. The normalized spacial score (nSPS) is 12.2. The van der Waals surface area contributed by atoms with E-state index in [-0.39, 0.29) is 13.2 Å². The van der Waals surface area contributed by atoms with Gasteiger partial charge in [-0.3, -0.25) is 0 Å². The van der Waals surface area contributed by atoms with E-state index in [1.54, 1.807) is 0 Å². The third-order valence-corrected chi connectivity index (χ3v) is 5.42. The average Bonchev–Trinajstić information content (AvgIpc) is 3.00. The first-order valence-corrected chi connectivity index (χ1v) is 15.3. The average molecular weight is 631 g/mol. The highest BCUT2D eigenvalue weighted by molar-refractivity contribution is 5.67. The molecule has 0 radical (unpaired) electrons. The molecule has 1 N–H and O–H groups in total. The van der Waals surface area contributed by atoms with E-state index >= 15 is 0 Å². The maximum Gasteiger partial charge on any atom is 0.329 e. The summed E-state index contributed by atoms with van der Waals surface area (Å²) in [6, 6.07) is 0. The van der Waals surface area contributed by atoms with Crippen molar-refractivity contribution in [2.75, 3.05) is 159 Å². The standard InChI is InChI=1S/C29H58O14/c1-3-28(2)26-42-24-22-40-20-18-38-16-14-36-12-10-34-8-6-32-4-5-33-7-9-35-11-13-37-15-17-39-19-21-41-23-25-43-27-29(30)31/h28H,3-27H2,1-2H3,(H,30,31). The van der Waals surface area contributed by atoms with Gasteiger partial charge in [-0.05, 0) is 5.92 Å². The van der Waals surface area contributed by atoms with Crippen LogP contribution >= 0.6 is 0 Å². The van der Waals surface area contributed by atoms with Gasteiger partial charge in [-0.25, -0.2) is 4.79 Å². The lowest BCUT2D eigenvalue weighted by atomic mass is 10.1. The molecule has 0 aliphatic carbocycles. The first-order valence-electron chi connectivity index (χ1n) is 15.3. The van der Waals surface area contributed by atoms with E-state index in [1.807, 2.05) is 0 Å². The van der Waals surface area contributed by atoms with Crippen LogP contribution in [-0.2, 0) is 61.6 Å². The maximum atomic E-state index is 10.3. The van der Waals surface area contributed by atoms with Crippen LogP contribution in [0.4, 0.5) is 0 Å². The molecule has 0 fully saturated rings. The number of ether oxygens (including phenoxy) is 12. The summed E-state index contributed by atoms with van der Waals surface area (Å²) in [6.45, 7) is 15.5. The van der Waals surface area contributed by atoms with E-state index in [2.05, 4.69) is 13.8 Å². The second kappa shape index (κ2) is 37.2. The number of rotatable bonds is 38. The lowest BCUT2D eigenvalue weighted by molar-refractivity contribution is -0.142. The largest absolute Gasteiger partial charge is 0.480 e. The third-order valence-electron chi connectivity index (χ3n) is 5.42. The number of hydrogen-bond acceptors (Lipinski definition) is 13. The van der Waals surface area contributed by atoms with Crippen molar-refractivity contribution in [2.24, 2.45) is 5.92 Å². The molecular weight excluding hydrogens is 572 g/mol. The van der Waals surface area contributed by atoms with E-state index in [1.165, 1.54) is 0 Å². The van der Waals surface area contributed by atoms with Crippen LogP contribution in [0.15, 0.2) is 0 Å². The van der Waals surface area contributed by atoms with Crippen LogP contribution in [0.25, 0.3) is 0 Å². The van der Waals surface area contributed by atoms with Crippen molar-refractivity contribution in [3.05, 3.63) is 0 Å². The smallest absolute Gasteiger partial charge is 0.329 e. The molecule has 0 spiro atoms. The molecule has 0 saturated carbocycles. The fourth-order valence-corrected chi connectivity index (χ4v) is 2.88. The highest BCUT2D eigenvalue weighted by Gasteiger charge is 1.99. The molecule has 43 heavy (non-hydrogen) atoms. The molecular formula is C29H58O14. The summed E-state index contributed by atoms with van der Waals surface area (Å²) in [5.41, 5.74) is 0. The van der Waals surface area contributed by atoms with Crippen LogP contribution in [0.2, 0.25) is 0 Å². The van der Waals surface area contributed by atoms with Crippen LogP contribution < -0.4 is 0 Å². The Labute approximate surface area is 257 Å². The molecule has 0 saturated heterocycles. The minimum Gasteiger partial charge on any atom is -0.480 e. The second-order valence-electron chi connectivity index (χ2n) is 9.16. The van der Waals surface area contributed by atoms with Gasteiger partial charge >= 0.3 is 5.97 Å². The second-order valence-corrected chi connectivity index (χ2v) is 9.16. The molecule has 0 aliphatic rings. The molecule has 0 aromatic carbocycles. The number of carboxylic acids is 1. The molecule has 14 nitrogen and oxygen atoms in total. The SMILES string of the molecule is CCC(C)COCCOCCOCCOCCOCCOCCOCCOCCOCCOCCOCCOCC(=O)O. The van der Waals surface area contributed by atoms with Crippen molar-refractivity contribution >= 4 is 5.97 Å². The van der Waals surface area contributed by atoms with E-state index in [0.717, 1.165) is 13.0 Å². The van der Waals surface area contributed by atoms with Gasteiger partial charge in [0.05, 0.1) is 145 Å². The van der Waals surface area contributed by atoms with E-state index < -0.39 is 5.97 Å². The zero-order valence-corrected chi connectivity index (χ0v) is 26.5. The molecule has 0 amide bonds. The zero-order valence-electron chi connectivity index (χ0n) is 26.5. The predicted octanol–water partition coefficient (Wildman–Crippen LogP) is 1.32. The summed E-state index contributed by atoms with van der Waals surface area (Å²) in [4.78, 5) is 10.3. The topological polar surface area (TPSA) is 148 Å². The van der Waals surface area contributed by atoms with E-state index in [9.17, 15) is 4.79 Å². The molecule has 1 unspecified atom stereocenters. The van der Waals surface area contributed by atoms with Crippen molar-refractivity contribution in [1.29, 1.82) is 0 Å². The van der Waals surface area contributed by atoms with Gasteiger partial charge in [-0.15, -0.1) is 0 Å². The van der Waals surface area contributed by atoms with Crippen molar-refractivity contribution < 1.29 is 66.7 Å². The van der Waals surface area contributed by atoms with Crippen LogP contribution in [0.1, 0.15) is 20.3 Å². The van der Waals surface area contributed by atoms with E-state index in [0.29, 0.717) is 145 Å². The Morgan fingerprint density at radius 1 is 0.419 bits per heavy atom. The Balaban J connectivity index is 3.05. The van der Waals surface area contributed by atoms with Gasteiger partial charge in [0.15, 0.2) is 0 Å². The summed E-state index contributed by atoms with van der Waals surface area (Å²) in [7, 11) is 0. The number of hydrogen-bond donors (Lipinski definition) is 1. The number of carboxylic acid groups (broad SMARTS) is 1. The summed E-state index contributed by atoms with van der Waals surface area (Å²) >= 11 is 0. The van der Waals surface area contributed by atoms with Gasteiger partial charge in [0, 0.05) is 6.61 Å². The monoisotopic (exact) mass is 630 g/mol. The molecule has 0 aromatic heterocycles. The number of aliphatic carboxylic acids is 1. The van der Waals surface area contributed by atoms with Crippen LogP contribution in [0, 0.1) is 5.92 Å². The van der Waals surface area contributed by atoms with Crippen molar-refractivity contribution in [1.82, 2.24) is 0 Å². The molecule has 0 rings (SSSR count). The summed E-state index contributed by atoms with van der Waals surface area (Å²) in [6.07, 6.45) is 1.13. The minimum absolute atomic E-state index is 0.243. The Kier molecular flexibility index (Phi) is 36.3. The summed E-state index contributed by atoms with van der Waals surface area (Å²) in [5.74, 6) is -0.402. The van der Waals surface area contributed by atoms with Gasteiger partial charge in [-0.1, -0.05) is 20.3 Å². The fraction of sp³-hybridized carbons (Fsp3) is 0.966. The lowest BCUT2D eigenvalue weighted by Crippen LogP contribution is -2.16. The Bertz CT molecular complexity index is 543. The first-order chi connectivity index (χ1) is 21.2. The van der Waals surface area contributed by atoms with Crippen LogP contribution in [-0.4, -0.2) is 170 Å². The fourth-order valence-electron chi connectivity index (χ4n) is 2.88. The number of carbonyl (C=O) groups is 1. The predicted molar refractivity (Wildman–Crippen MR) is 157 cm³/mol. The van der Waals surface area contributed by atoms with Gasteiger partial charge < -0.3 is 61.9 Å². The first kappa shape index (κ1) is 42.0. The van der Waals surface area contributed by atoms with Crippen molar-refractivity contribution in [3.63, 3.8) is 0 Å². The molecule has 1 atom stereocenters. The quantitative estimate of drug-likeness (QED) is 0.0978. The van der Waals surface area contributed by atoms with Crippen LogP contribution in [0.3, 0.4) is 0 Å². The summed E-state index contributed by atoms with van der Waals surface area (Å²) < 4.78 is 64.6.